The third-order valence-corrected chi connectivity index (χ3v) is 3.02. The van der Waals surface area contributed by atoms with Gasteiger partial charge in [0.15, 0.2) is 6.61 Å². The minimum atomic E-state index is -1.28. The van der Waals surface area contributed by atoms with Gasteiger partial charge in [0.25, 0.3) is 0 Å². The van der Waals surface area contributed by atoms with Crippen LogP contribution in [0.3, 0.4) is 0 Å². The molecular formula is C18H13NO4. The summed E-state index contributed by atoms with van der Waals surface area (Å²) in [6.45, 7) is -0.791. The molecule has 0 fully saturated rings. The standard InChI is InChI=1S/C18H13NO4/c19-11-15(18(22)23-12-16(20)21)17(13-7-3-1-4-8-13)14-9-5-2-6-10-14/h1-10H,12H2,(H,20,21). The van der Waals surface area contributed by atoms with E-state index in [4.69, 9.17) is 5.11 Å². The Kier molecular flexibility index (Phi) is 5.26. The van der Waals surface area contributed by atoms with Crippen LogP contribution in [0.15, 0.2) is 66.2 Å². The van der Waals surface area contributed by atoms with Gasteiger partial charge in [-0.25, -0.2) is 9.59 Å². The van der Waals surface area contributed by atoms with Crippen LogP contribution in [-0.2, 0) is 14.3 Å². The van der Waals surface area contributed by atoms with E-state index in [0.717, 1.165) is 0 Å². The summed E-state index contributed by atoms with van der Waals surface area (Å²) < 4.78 is 4.66. The zero-order chi connectivity index (χ0) is 16.7. The number of esters is 1. The van der Waals surface area contributed by atoms with Gasteiger partial charge in [0, 0.05) is 5.57 Å². The maximum atomic E-state index is 12.1. The van der Waals surface area contributed by atoms with Gasteiger partial charge in [-0.2, -0.15) is 5.26 Å². The van der Waals surface area contributed by atoms with E-state index in [1.807, 2.05) is 18.2 Å². The van der Waals surface area contributed by atoms with Crippen molar-refractivity contribution in [3.63, 3.8) is 0 Å². The topological polar surface area (TPSA) is 87.4 Å². The number of carboxylic acids is 1. The Balaban J connectivity index is 2.56. The lowest BCUT2D eigenvalue weighted by atomic mass is 9.93. The Morgan fingerprint density at radius 2 is 1.43 bits per heavy atom. The molecule has 0 aromatic heterocycles. The van der Waals surface area contributed by atoms with Crippen molar-refractivity contribution in [2.45, 2.75) is 0 Å². The molecule has 0 heterocycles. The second-order valence-electron chi connectivity index (χ2n) is 4.56. The summed E-state index contributed by atoms with van der Waals surface area (Å²) in [7, 11) is 0. The smallest absolute Gasteiger partial charge is 0.350 e. The highest BCUT2D eigenvalue weighted by atomic mass is 16.5. The van der Waals surface area contributed by atoms with Crippen molar-refractivity contribution in [3.8, 4) is 6.07 Å². The van der Waals surface area contributed by atoms with E-state index in [-0.39, 0.29) is 5.57 Å². The Bertz CT molecular complexity index is 732. The van der Waals surface area contributed by atoms with E-state index in [1.165, 1.54) is 0 Å². The lowest BCUT2D eigenvalue weighted by Crippen LogP contribution is -2.15. The average molecular weight is 307 g/mol. The summed E-state index contributed by atoms with van der Waals surface area (Å²) in [6, 6.07) is 19.7. The highest BCUT2D eigenvalue weighted by molar-refractivity contribution is 6.05. The molecule has 0 spiro atoms. The number of ether oxygens (including phenoxy) is 1. The first kappa shape index (κ1) is 16.0. The maximum Gasteiger partial charge on any atom is 0.350 e. The van der Waals surface area contributed by atoms with Crippen LogP contribution in [0.5, 0.6) is 0 Å². The summed E-state index contributed by atoms with van der Waals surface area (Å²) in [4.78, 5) is 22.6. The van der Waals surface area contributed by atoms with E-state index in [0.29, 0.717) is 16.7 Å². The molecule has 1 N–H and O–H groups in total. The van der Waals surface area contributed by atoms with Crippen molar-refractivity contribution in [2.75, 3.05) is 6.61 Å². The van der Waals surface area contributed by atoms with E-state index in [1.54, 1.807) is 48.5 Å². The van der Waals surface area contributed by atoms with E-state index in [2.05, 4.69) is 4.74 Å². The fraction of sp³-hybridized carbons (Fsp3) is 0.0556. The van der Waals surface area contributed by atoms with Crippen LogP contribution < -0.4 is 0 Å². The lowest BCUT2D eigenvalue weighted by Gasteiger charge is -2.11. The molecule has 114 valence electrons. The Labute approximate surface area is 133 Å². The van der Waals surface area contributed by atoms with Crippen LogP contribution in [0.4, 0.5) is 0 Å². The first-order valence-electron chi connectivity index (χ1n) is 6.77. The number of nitriles is 1. The molecule has 2 aromatic carbocycles. The number of carbonyl (C=O) groups excluding carboxylic acids is 1. The summed E-state index contributed by atoms with van der Waals surface area (Å²) in [6.07, 6.45) is 0. The van der Waals surface area contributed by atoms with Gasteiger partial charge in [-0.1, -0.05) is 60.7 Å². The number of nitrogens with zero attached hydrogens (tertiary/aromatic N) is 1. The van der Waals surface area contributed by atoms with Crippen molar-refractivity contribution >= 4 is 17.5 Å². The molecule has 2 rings (SSSR count). The molecule has 0 bridgehead atoms. The summed E-state index contributed by atoms with van der Waals surface area (Å²) in [5.74, 6) is -2.24. The first-order chi connectivity index (χ1) is 11.1. The van der Waals surface area contributed by atoms with Crippen LogP contribution in [0.2, 0.25) is 0 Å². The predicted octanol–water partition coefficient (Wildman–Crippen LogP) is 2.64. The van der Waals surface area contributed by atoms with Crippen molar-refractivity contribution in [2.24, 2.45) is 0 Å². The second kappa shape index (κ2) is 7.57. The molecule has 5 nitrogen and oxygen atoms in total. The minimum absolute atomic E-state index is 0.233. The number of benzene rings is 2. The Morgan fingerprint density at radius 1 is 0.957 bits per heavy atom. The van der Waals surface area contributed by atoms with Crippen LogP contribution >= 0.6 is 0 Å². The van der Waals surface area contributed by atoms with E-state index >= 15 is 0 Å². The number of hydrogen-bond donors (Lipinski definition) is 1. The van der Waals surface area contributed by atoms with Gasteiger partial charge in [0.2, 0.25) is 0 Å². The molecule has 0 aliphatic heterocycles. The number of rotatable bonds is 5. The van der Waals surface area contributed by atoms with Gasteiger partial charge in [-0.15, -0.1) is 0 Å². The van der Waals surface area contributed by atoms with E-state index in [9.17, 15) is 14.9 Å². The van der Waals surface area contributed by atoms with Crippen molar-refractivity contribution < 1.29 is 19.4 Å². The third-order valence-electron chi connectivity index (χ3n) is 3.02. The molecule has 2 aromatic rings. The monoisotopic (exact) mass is 307 g/mol. The number of aliphatic carboxylic acids is 1. The van der Waals surface area contributed by atoms with Gasteiger partial charge >= 0.3 is 11.9 Å². The van der Waals surface area contributed by atoms with Crippen LogP contribution in [0.25, 0.3) is 5.57 Å². The average Bonchev–Trinajstić information content (AvgIpc) is 2.59. The Morgan fingerprint density at radius 3 is 1.83 bits per heavy atom. The summed E-state index contributed by atoms with van der Waals surface area (Å²) >= 11 is 0. The van der Waals surface area contributed by atoms with Crippen molar-refractivity contribution in [1.29, 1.82) is 5.26 Å². The fourth-order valence-corrected chi connectivity index (χ4v) is 2.07. The zero-order valence-corrected chi connectivity index (χ0v) is 12.1. The van der Waals surface area contributed by atoms with Gasteiger partial charge in [0.1, 0.15) is 11.6 Å². The third kappa shape index (κ3) is 4.05. The molecule has 5 heteroatoms. The van der Waals surface area contributed by atoms with Crippen LogP contribution in [0.1, 0.15) is 11.1 Å². The molecule has 0 saturated heterocycles. The molecular weight excluding hydrogens is 294 g/mol. The van der Waals surface area contributed by atoms with Crippen LogP contribution in [0, 0.1) is 11.3 Å². The van der Waals surface area contributed by atoms with Gasteiger partial charge in [-0.05, 0) is 11.1 Å². The highest BCUT2D eigenvalue weighted by Crippen LogP contribution is 2.27. The quantitative estimate of drug-likeness (QED) is 0.521. The predicted molar refractivity (Wildman–Crippen MR) is 83.1 cm³/mol. The number of hydrogen-bond acceptors (Lipinski definition) is 4. The summed E-state index contributed by atoms with van der Waals surface area (Å²) in [5, 5.41) is 18.0. The number of carboxylic acid groups (broad SMARTS) is 1. The molecule has 0 unspecified atom stereocenters. The van der Waals surface area contributed by atoms with E-state index < -0.39 is 18.5 Å². The molecule has 0 radical (unpaired) electrons. The molecule has 0 aliphatic rings. The lowest BCUT2D eigenvalue weighted by molar-refractivity contribution is -0.152. The van der Waals surface area contributed by atoms with Gasteiger partial charge < -0.3 is 9.84 Å². The van der Waals surface area contributed by atoms with Crippen molar-refractivity contribution in [3.05, 3.63) is 77.4 Å². The minimum Gasteiger partial charge on any atom is -0.479 e. The molecule has 0 saturated carbocycles. The largest absolute Gasteiger partial charge is 0.479 e. The summed E-state index contributed by atoms with van der Waals surface area (Å²) in [5.41, 5.74) is 1.51. The molecule has 0 atom stereocenters. The zero-order valence-electron chi connectivity index (χ0n) is 12.1. The molecule has 0 amide bonds. The molecule has 23 heavy (non-hydrogen) atoms. The van der Waals surface area contributed by atoms with Gasteiger partial charge in [-0.3, -0.25) is 0 Å². The first-order valence-corrected chi connectivity index (χ1v) is 6.77. The van der Waals surface area contributed by atoms with Crippen LogP contribution in [-0.4, -0.2) is 23.7 Å². The van der Waals surface area contributed by atoms with Crippen molar-refractivity contribution in [1.82, 2.24) is 0 Å². The normalized spacial score (nSPS) is 9.52. The Hall–Kier alpha value is -3.39. The van der Waals surface area contributed by atoms with Gasteiger partial charge in [0.05, 0.1) is 0 Å². The highest BCUT2D eigenvalue weighted by Gasteiger charge is 2.20. The molecule has 0 aliphatic carbocycles. The fourth-order valence-electron chi connectivity index (χ4n) is 2.07. The SMILES string of the molecule is N#CC(C(=O)OCC(=O)O)=C(c1ccccc1)c1ccccc1. The number of carbonyl (C=O) groups is 2. The maximum absolute atomic E-state index is 12.1. The second-order valence-corrected chi connectivity index (χ2v) is 4.56.